The van der Waals surface area contributed by atoms with E-state index in [1.54, 1.807) is 11.0 Å². The molecule has 0 radical (unpaired) electrons. The number of thioether (sulfide) groups is 1. The smallest absolute Gasteiger partial charge is 0.379 e. The molecule has 0 unspecified atom stereocenters. The van der Waals surface area contributed by atoms with Gasteiger partial charge in [0.1, 0.15) is 0 Å². The molecule has 9 heteroatoms. The standard InChI is InChI=1S/C29H32F3N3O2S/c30-29(31,32)38-26-13-7-12-25(22-26)33-28(36)35(17-16-34-18-20-37-21-19-34)15-14-27(23-8-3-1-4-9-23)24-10-5-2-6-11-24/h1-13,22,27H,14-21H2,(H,33,36). The Morgan fingerprint density at radius 3 is 2.16 bits per heavy atom. The van der Waals surface area contributed by atoms with Crippen molar-refractivity contribution in [1.29, 1.82) is 0 Å². The third kappa shape index (κ3) is 8.79. The molecule has 0 aromatic heterocycles. The Kier molecular flexibility index (Phi) is 10.1. The topological polar surface area (TPSA) is 44.8 Å². The molecular weight excluding hydrogens is 511 g/mol. The van der Waals surface area contributed by atoms with Crippen LogP contribution in [0.4, 0.5) is 23.7 Å². The number of hydrogen-bond donors (Lipinski definition) is 1. The van der Waals surface area contributed by atoms with E-state index in [1.807, 2.05) is 36.4 Å². The first-order valence-electron chi connectivity index (χ1n) is 12.7. The van der Waals surface area contributed by atoms with Crippen LogP contribution in [-0.4, -0.2) is 67.3 Å². The van der Waals surface area contributed by atoms with Crippen LogP contribution in [0.5, 0.6) is 0 Å². The number of urea groups is 1. The first-order valence-corrected chi connectivity index (χ1v) is 13.5. The molecule has 0 spiro atoms. The Balaban J connectivity index is 1.49. The number of morpholine rings is 1. The van der Waals surface area contributed by atoms with Crippen LogP contribution in [0.25, 0.3) is 0 Å². The molecule has 4 rings (SSSR count). The number of nitrogens with zero attached hydrogens (tertiary/aromatic N) is 2. The van der Waals surface area contributed by atoms with E-state index >= 15 is 0 Å². The van der Waals surface area contributed by atoms with Crippen molar-refractivity contribution in [3.63, 3.8) is 0 Å². The summed E-state index contributed by atoms with van der Waals surface area (Å²) in [7, 11) is 0. The third-order valence-electron chi connectivity index (χ3n) is 6.49. The van der Waals surface area contributed by atoms with Crippen molar-refractivity contribution in [3.8, 4) is 0 Å². The molecule has 1 saturated heterocycles. The summed E-state index contributed by atoms with van der Waals surface area (Å²) in [6.45, 7) is 4.63. The van der Waals surface area contributed by atoms with E-state index < -0.39 is 5.51 Å². The van der Waals surface area contributed by atoms with Gasteiger partial charge in [-0.25, -0.2) is 4.79 Å². The van der Waals surface area contributed by atoms with Crippen LogP contribution in [0, 0.1) is 0 Å². The molecule has 38 heavy (non-hydrogen) atoms. The highest BCUT2D eigenvalue weighted by molar-refractivity contribution is 8.00. The molecule has 0 atom stereocenters. The number of alkyl halides is 3. The van der Waals surface area contributed by atoms with Gasteiger partial charge in [0.2, 0.25) is 0 Å². The van der Waals surface area contributed by atoms with Gasteiger partial charge in [0.05, 0.1) is 13.2 Å². The van der Waals surface area contributed by atoms with Gasteiger partial charge in [0, 0.05) is 49.2 Å². The van der Waals surface area contributed by atoms with Crippen LogP contribution in [0.2, 0.25) is 0 Å². The molecule has 3 aromatic rings. The molecule has 3 aromatic carbocycles. The molecule has 1 aliphatic rings. The Bertz CT molecular complexity index is 1100. The predicted molar refractivity (Wildman–Crippen MR) is 146 cm³/mol. The number of nitrogens with one attached hydrogen (secondary N) is 1. The molecule has 1 fully saturated rings. The van der Waals surface area contributed by atoms with Crippen LogP contribution < -0.4 is 5.32 Å². The molecule has 202 valence electrons. The average molecular weight is 544 g/mol. The number of halogens is 3. The molecular formula is C29H32F3N3O2S. The van der Waals surface area contributed by atoms with Crippen molar-refractivity contribution in [2.75, 3.05) is 51.3 Å². The maximum Gasteiger partial charge on any atom is 0.446 e. The van der Waals surface area contributed by atoms with E-state index in [2.05, 4.69) is 34.5 Å². The molecule has 1 N–H and O–H groups in total. The van der Waals surface area contributed by atoms with Crippen LogP contribution in [0.15, 0.2) is 89.8 Å². The van der Waals surface area contributed by atoms with E-state index in [4.69, 9.17) is 4.74 Å². The number of benzene rings is 3. The molecule has 2 amide bonds. The third-order valence-corrected chi connectivity index (χ3v) is 7.21. The van der Waals surface area contributed by atoms with Gasteiger partial charge in [-0.15, -0.1) is 0 Å². The zero-order chi connectivity index (χ0) is 26.8. The van der Waals surface area contributed by atoms with Crippen molar-refractivity contribution in [2.24, 2.45) is 0 Å². The highest BCUT2D eigenvalue weighted by Crippen LogP contribution is 2.37. The first-order chi connectivity index (χ1) is 18.4. The van der Waals surface area contributed by atoms with Gasteiger partial charge in [-0.3, -0.25) is 4.90 Å². The van der Waals surface area contributed by atoms with E-state index in [0.717, 1.165) is 13.1 Å². The Morgan fingerprint density at radius 2 is 1.55 bits per heavy atom. The highest BCUT2D eigenvalue weighted by Gasteiger charge is 2.29. The second-order valence-electron chi connectivity index (χ2n) is 9.11. The molecule has 0 saturated carbocycles. The highest BCUT2D eigenvalue weighted by atomic mass is 32.2. The number of amides is 2. The van der Waals surface area contributed by atoms with Crippen molar-refractivity contribution in [2.45, 2.75) is 22.7 Å². The van der Waals surface area contributed by atoms with Gasteiger partial charge in [-0.2, -0.15) is 13.2 Å². The van der Waals surface area contributed by atoms with E-state index in [-0.39, 0.29) is 28.6 Å². The van der Waals surface area contributed by atoms with Gasteiger partial charge < -0.3 is 15.0 Å². The lowest BCUT2D eigenvalue weighted by Crippen LogP contribution is -2.44. The second-order valence-corrected chi connectivity index (χ2v) is 10.2. The summed E-state index contributed by atoms with van der Waals surface area (Å²) in [4.78, 5) is 17.5. The first kappa shape index (κ1) is 28.0. The Morgan fingerprint density at radius 1 is 0.921 bits per heavy atom. The summed E-state index contributed by atoms with van der Waals surface area (Å²) < 4.78 is 44.0. The van der Waals surface area contributed by atoms with Crippen molar-refractivity contribution >= 4 is 23.5 Å². The van der Waals surface area contributed by atoms with Gasteiger partial charge in [0.25, 0.3) is 0 Å². The number of carbonyl (C=O) groups is 1. The van der Waals surface area contributed by atoms with Crippen LogP contribution >= 0.6 is 11.8 Å². The summed E-state index contributed by atoms with van der Waals surface area (Å²) in [6, 6.07) is 25.9. The predicted octanol–water partition coefficient (Wildman–Crippen LogP) is 6.69. The normalized spacial score (nSPS) is 14.4. The summed E-state index contributed by atoms with van der Waals surface area (Å²) in [5.74, 6) is 0.0996. The zero-order valence-corrected chi connectivity index (χ0v) is 21.9. The fraction of sp³-hybridized carbons (Fsp3) is 0.345. The summed E-state index contributed by atoms with van der Waals surface area (Å²) >= 11 is -0.195. The van der Waals surface area contributed by atoms with Gasteiger partial charge in [0.15, 0.2) is 0 Å². The summed E-state index contributed by atoms with van der Waals surface area (Å²) in [5.41, 5.74) is -1.71. The SMILES string of the molecule is O=C(Nc1cccc(SC(F)(F)F)c1)N(CCC(c1ccccc1)c1ccccc1)CCN1CCOCC1. The van der Waals surface area contributed by atoms with Crippen molar-refractivity contribution in [1.82, 2.24) is 9.80 Å². The molecule has 0 aliphatic carbocycles. The van der Waals surface area contributed by atoms with Gasteiger partial charge in [-0.05, 0) is 47.5 Å². The van der Waals surface area contributed by atoms with E-state index in [1.165, 1.54) is 29.3 Å². The van der Waals surface area contributed by atoms with Crippen LogP contribution in [-0.2, 0) is 4.74 Å². The van der Waals surface area contributed by atoms with Crippen LogP contribution in [0.3, 0.4) is 0 Å². The zero-order valence-electron chi connectivity index (χ0n) is 21.1. The lowest BCUT2D eigenvalue weighted by atomic mass is 9.88. The lowest BCUT2D eigenvalue weighted by molar-refractivity contribution is -0.0328. The van der Waals surface area contributed by atoms with E-state index in [9.17, 15) is 18.0 Å². The fourth-order valence-electron chi connectivity index (χ4n) is 4.56. The lowest BCUT2D eigenvalue weighted by Gasteiger charge is -2.31. The number of rotatable bonds is 10. The second kappa shape index (κ2) is 13.7. The number of ether oxygens (including phenoxy) is 1. The Labute approximate surface area is 226 Å². The molecule has 1 heterocycles. The van der Waals surface area contributed by atoms with Crippen molar-refractivity contribution in [3.05, 3.63) is 96.1 Å². The average Bonchev–Trinajstić information content (AvgIpc) is 2.91. The van der Waals surface area contributed by atoms with Crippen molar-refractivity contribution < 1.29 is 22.7 Å². The van der Waals surface area contributed by atoms with Crippen LogP contribution in [0.1, 0.15) is 23.5 Å². The number of carbonyl (C=O) groups excluding carboxylic acids is 1. The minimum Gasteiger partial charge on any atom is -0.379 e. The number of anilines is 1. The molecule has 5 nitrogen and oxygen atoms in total. The number of hydrogen-bond acceptors (Lipinski definition) is 4. The Hall–Kier alpha value is -3.01. The quantitative estimate of drug-likeness (QED) is 0.290. The summed E-state index contributed by atoms with van der Waals surface area (Å²) in [6.07, 6.45) is 0.703. The van der Waals surface area contributed by atoms with Gasteiger partial charge in [-0.1, -0.05) is 66.7 Å². The monoisotopic (exact) mass is 543 g/mol. The maximum absolute atomic E-state index is 13.4. The van der Waals surface area contributed by atoms with E-state index in [0.29, 0.717) is 45.0 Å². The molecule has 0 bridgehead atoms. The minimum absolute atomic E-state index is 0.0309. The minimum atomic E-state index is -4.39. The largest absolute Gasteiger partial charge is 0.446 e. The van der Waals surface area contributed by atoms with Gasteiger partial charge >= 0.3 is 11.5 Å². The maximum atomic E-state index is 13.4. The molecule has 1 aliphatic heterocycles. The fourth-order valence-corrected chi connectivity index (χ4v) is 5.16. The summed E-state index contributed by atoms with van der Waals surface area (Å²) in [5, 5.41) is 2.82.